The summed E-state index contributed by atoms with van der Waals surface area (Å²) in [7, 11) is 0. The Kier molecular flexibility index (Phi) is 6.48. The van der Waals surface area contributed by atoms with E-state index < -0.39 is 11.6 Å². The van der Waals surface area contributed by atoms with Crippen LogP contribution in [0, 0.1) is 11.6 Å². The van der Waals surface area contributed by atoms with Crippen molar-refractivity contribution in [3.05, 3.63) is 103 Å². The summed E-state index contributed by atoms with van der Waals surface area (Å²) in [6.45, 7) is 0. The number of rotatable bonds is 2. The van der Waals surface area contributed by atoms with E-state index in [9.17, 15) is 8.78 Å². The molecule has 0 aliphatic rings. The SMILES string of the molecule is Fc1ccc(-n2ccc(-[c-]3cccc3)c2)c(F)c1.[Ti].[cH-]1[cH-][cH-][cH-][cH-]1. The van der Waals surface area contributed by atoms with Crippen molar-refractivity contribution in [2.75, 3.05) is 0 Å². The topological polar surface area (TPSA) is 4.93 Å². The van der Waals surface area contributed by atoms with E-state index in [0.29, 0.717) is 5.69 Å². The zero-order valence-electron chi connectivity index (χ0n) is 12.9. The summed E-state index contributed by atoms with van der Waals surface area (Å²) in [4.78, 5) is 0. The molecule has 4 aromatic rings. The van der Waals surface area contributed by atoms with Crippen molar-refractivity contribution in [1.82, 2.24) is 4.57 Å². The van der Waals surface area contributed by atoms with Crippen LogP contribution in [0.25, 0.3) is 16.8 Å². The number of aromatic nitrogens is 1. The van der Waals surface area contributed by atoms with Gasteiger partial charge in [-0.15, -0.1) is 18.2 Å². The molecule has 4 heteroatoms. The molecular weight excluding hydrogens is 340 g/mol. The van der Waals surface area contributed by atoms with Gasteiger partial charge >= 0.3 is 0 Å². The Morgan fingerprint density at radius 1 is 0.875 bits per heavy atom. The van der Waals surface area contributed by atoms with Crippen LogP contribution in [-0.4, -0.2) is 4.57 Å². The van der Waals surface area contributed by atoms with Gasteiger partial charge in [-0.3, -0.25) is 0 Å². The molecule has 1 aromatic heterocycles. The monoisotopic (exact) mass is 355 g/mol. The summed E-state index contributed by atoms with van der Waals surface area (Å²) in [5.41, 5.74) is 2.43. The molecule has 124 valence electrons. The standard InChI is InChI=1S/C15H10F2N.C5H5.Ti/c16-13-5-6-15(14(17)9-13)18-8-7-12(10-18)11-3-1-2-4-11;1-2-4-5-3-1;/h1-10H;1-5H;/q-1;-5;. The Hall–Kier alpha value is -2.23. The fraction of sp³-hybridized carbons (Fsp3) is 0. The summed E-state index contributed by atoms with van der Waals surface area (Å²) in [6.07, 6.45) is 3.59. The van der Waals surface area contributed by atoms with Crippen molar-refractivity contribution in [2.45, 2.75) is 0 Å². The predicted octanol–water partition coefficient (Wildman–Crippen LogP) is 5.54. The van der Waals surface area contributed by atoms with Gasteiger partial charge in [-0.1, -0.05) is 11.1 Å². The van der Waals surface area contributed by atoms with Crippen LogP contribution in [0.4, 0.5) is 8.78 Å². The molecular formula is C20H15F2NTi-6. The van der Waals surface area contributed by atoms with Crippen LogP contribution in [0.5, 0.6) is 0 Å². The normalized spacial score (nSPS) is 9.75. The van der Waals surface area contributed by atoms with Crippen LogP contribution in [0.1, 0.15) is 0 Å². The van der Waals surface area contributed by atoms with E-state index in [1.54, 1.807) is 10.8 Å². The number of hydrogen-bond acceptors (Lipinski definition) is 0. The van der Waals surface area contributed by atoms with Crippen LogP contribution in [0.3, 0.4) is 0 Å². The molecule has 0 spiro atoms. The average molecular weight is 355 g/mol. The molecule has 1 heterocycles. The molecule has 24 heavy (non-hydrogen) atoms. The molecule has 0 aliphatic heterocycles. The molecule has 0 saturated carbocycles. The molecule has 0 radical (unpaired) electrons. The van der Waals surface area contributed by atoms with Crippen molar-refractivity contribution in [1.29, 1.82) is 0 Å². The molecule has 0 fully saturated rings. The Morgan fingerprint density at radius 3 is 2.08 bits per heavy atom. The first-order valence-electron chi connectivity index (χ1n) is 7.26. The van der Waals surface area contributed by atoms with Crippen LogP contribution in [0.2, 0.25) is 0 Å². The maximum atomic E-state index is 13.6. The minimum atomic E-state index is -0.570. The van der Waals surface area contributed by atoms with E-state index in [4.69, 9.17) is 0 Å². The largest absolute Gasteiger partial charge is 0.748 e. The minimum Gasteiger partial charge on any atom is -0.748 e. The van der Waals surface area contributed by atoms with Crippen LogP contribution in [0.15, 0.2) is 91.3 Å². The molecule has 0 N–H and O–H groups in total. The second-order valence-corrected chi connectivity index (χ2v) is 5.04. The third-order valence-electron chi connectivity index (χ3n) is 3.43. The molecule has 0 atom stereocenters. The average Bonchev–Trinajstić information content (AvgIpc) is 3.30. The van der Waals surface area contributed by atoms with Crippen molar-refractivity contribution >= 4 is 0 Å². The van der Waals surface area contributed by atoms with Gasteiger partial charge in [0.25, 0.3) is 0 Å². The molecule has 0 bridgehead atoms. The molecule has 0 unspecified atom stereocenters. The third kappa shape index (κ3) is 4.41. The van der Waals surface area contributed by atoms with Crippen molar-refractivity contribution < 1.29 is 30.5 Å². The van der Waals surface area contributed by atoms with Gasteiger partial charge in [-0.25, -0.2) is 8.78 Å². The summed E-state index contributed by atoms with van der Waals surface area (Å²) in [6, 6.07) is 23.3. The minimum absolute atomic E-state index is 0. The van der Waals surface area contributed by atoms with Crippen molar-refractivity contribution in [2.24, 2.45) is 0 Å². The van der Waals surface area contributed by atoms with Gasteiger partial charge in [0.05, 0.1) is 5.69 Å². The second kappa shape index (κ2) is 8.58. The van der Waals surface area contributed by atoms with Crippen LogP contribution >= 0.6 is 0 Å². The van der Waals surface area contributed by atoms with Gasteiger partial charge in [0.2, 0.25) is 0 Å². The first-order valence-corrected chi connectivity index (χ1v) is 7.26. The summed E-state index contributed by atoms with van der Waals surface area (Å²) in [5.74, 6) is -1.14. The maximum Gasteiger partial charge on any atom is 0.149 e. The van der Waals surface area contributed by atoms with Crippen molar-refractivity contribution in [3.8, 4) is 16.8 Å². The Labute approximate surface area is 154 Å². The summed E-state index contributed by atoms with van der Waals surface area (Å²) >= 11 is 0. The van der Waals surface area contributed by atoms with Gasteiger partial charge in [0, 0.05) is 27.8 Å². The van der Waals surface area contributed by atoms with Crippen molar-refractivity contribution in [3.63, 3.8) is 0 Å². The first-order chi connectivity index (χ1) is 11.2. The second-order valence-electron chi connectivity index (χ2n) is 5.04. The van der Waals surface area contributed by atoms with Crippen LogP contribution < -0.4 is 0 Å². The van der Waals surface area contributed by atoms with Gasteiger partial charge in [-0.05, 0) is 24.5 Å². The zero-order valence-corrected chi connectivity index (χ0v) is 14.4. The number of halogens is 2. The van der Waals surface area contributed by atoms with E-state index in [0.717, 1.165) is 17.2 Å². The van der Waals surface area contributed by atoms with E-state index in [1.165, 1.54) is 12.1 Å². The van der Waals surface area contributed by atoms with Gasteiger partial charge in [0.15, 0.2) is 0 Å². The van der Waals surface area contributed by atoms with E-state index >= 15 is 0 Å². The van der Waals surface area contributed by atoms with E-state index in [2.05, 4.69) is 0 Å². The number of benzene rings is 1. The Balaban J connectivity index is 0.000000300. The molecule has 0 saturated heterocycles. The molecule has 0 aliphatic carbocycles. The summed E-state index contributed by atoms with van der Waals surface area (Å²) < 4.78 is 28.1. The Bertz CT molecular complexity index is 829. The van der Waals surface area contributed by atoms with Gasteiger partial charge in [0.1, 0.15) is 11.6 Å². The quantitative estimate of drug-likeness (QED) is 0.328. The van der Waals surface area contributed by atoms with Gasteiger partial charge in [-0.2, -0.15) is 12.1 Å². The fourth-order valence-electron chi connectivity index (χ4n) is 2.29. The Morgan fingerprint density at radius 2 is 1.50 bits per heavy atom. The summed E-state index contributed by atoms with van der Waals surface area (Å²) in [5, 5.41) is 0. The zero-order chi connectivity index (χ0) is 16.1. The molecule has 0 amide bonds. The van der Waals surface area contributed by atoms with Crippen LogP contribution in [-0.2, 0) is 21.7 Å². The first kappa shape index (κ1) is 18.1. The molecule has 1 nitrogen and oxygen atoms in total. The van der Waals surface area contributed by atoms with E-state index in [-0.39, 0.29) is 21.7 Å². The molecule has 4 rings (SSSR count). The van der Waals surface area contributed by atoms with E-state index in [1.807, 2.05) is 66.9 Å². The fourth-order valence-corrected chi connectivity index (χ4v) is 2.29. The molecule has 3 aromatic carbocycles. The maximum absolute atomic E-state index is 13.6. The number of hydrogen-bond donors (Lipinski definition) is 0. The smallest absolute Gasteiger partial charge is 0.149 e. The van der Waals surface area contributed by atoms with Gasteiger partial charge < -0.3 is 34.9 Å². The third-order valence-corrected chi connectivity index (χ3v) is 3.43. The number of nitrogens with zero attached hydrogens (tertiary/aromatic N) is 1. The predicted molar refractivity (Wildman–Crippen MR) is 88.7 cm³/mol.